The number of hydrogen-bond donors (Lipinski definition) is 3. The molecule has 3 N–H and O–H groups in total. The zero-order chi connectivity index (χ0) is 42.7. The molecule has 3 aliphatic heterocycles. The number of allylic oxidation sites excluding steroid dienone is 4. The lowest BCUT2D eigenvalue weighted by molar-refractivity contribution is -0.302. The predicted octanol–water partition coefficient (Wildman–Crippen LogP) is 5.67. The van der Waals surface area contributed by atoms with Gasteiger partial charge in [-0.2, -0.15) is 5.10 Å². The third-order valence-corrected chi connectivity index (χ3v) is 12.8. The van der Waals surface area contributed by atoms with Crippen molar-refractivity contribution in [1.82, 2.24) is 10.3 Å². The van der Waals surface area contributed by atoms with Gasteiger partial charge in [0.1, 0.15) is 18.2 Å². The van der Waals surface area contributed by atoms with Crippen LogP contribution in [-0.2, 0) is 38.1 Å². The Labute approximate surface area is 347 Å². The molecule has 2 saturated heterocycles. The van der Waals surface area contributed by atoms with Crippen molar-refractivity contribution in [2.75, 3.05) is 34.4 Å². The Morgan fingerprint density at radius 3 is 2.34 bits per heavy atom. The van der Waals surface area contributed by atoms with E-state index in [1.807, 2.05) is 32.9 Å². The number of ketones is 1. The van der Waals surface area contributed by atoms with Crippen molar-refractivity contribution in [3.05, 3.63) is 35.5 Å². The summed E-state index contributed by atoms with van der Waals surface area (Å²) in [5, 5.41) is 27.4. The van der Waals surface area contributed by atoms with Gasteiger partial charge in [-0.3, -0.25) is 9.59 Å². The highest BCUT2D eigenvalue weighted by Gasteiger charge is 2.56. The van der Waals surface area contributed by atoms with Crippen LogP contribution in [0, 0.1) is 29.6 Å². The van der Waals surface area contributed by atoms with E-state index in [1.165, 1.54) is 10.5 Å². The maximum atomic E-state index is 14.4. The normalized spacial score (nSPS) is 40.2. The maximum absolute atomic E-state index is 14.4. The number of fused-ring (bicyclic) bond motifs is 3. The third-order valence-electron chi connectivity index (χ3n) is 12.8. The summed E-state index contributed by atoms with van der Waals surface area (Å²) in [5.74, 6) is -6.01. The molecule has 1 saturated carbocycles. The van der Waals surface area contributed by atoms with E-state index in [0.717, 1.165) is 30.5 Å². The minimum Gasteiger partial charge on any atom is -0.456 e. The first-order valence-corrected chi connectivity index (χ1v) is 21.7. The second kappa shape index (κ2) is 22.1. The van der Waals surface area contributed by atoms with Crippen molar-refractivity contribution in [3.63, 3.8) is 0 Å². The van der Waals surface area contributed by atoms with Crippen LogP contribution in [0.2, 0.25) is 0 Å². The number of nitrogens with one attached hydrogen (secondary N) is 1. The minimum atomic E-state index is -2.46. The number of esters is 1. The molecule has 0 aromatic carbocycles. The van der Waals surface area contributed by atoms with Gasteiger partial charge < -0.3 is 44.2 Å². The molecule has 4 rings (SSSR count). The average Bonchev–Trinajstić information content (AvgIpc) is 3.21. The Bertz CT molecular complexity index is 1510. The Hall–Kier alpha value is -2.94. The lowest BCUT2D eigenvalue weighted by Gasteiger charge is -2.47. The number of rotatable bonds is 8. The summed E-state index contributed by atoms with van der Waals surface area (Å²) in [6.07, 6.45) is 10.9. The van der Waals surface area contributed by atoms with Gasteiger partial charge in [-0.15, -0.1) is 0 Å². The summed E-state index contributed by atoms with van der Waals surface area (Å²) in [5.41, 5.74) is 6.03. The van der Waals surface area contributed by atoms with Gasteiger partial charge in [0.15, 0.2) is 0 Å². The summed E-state index contributed by atoms with van der Waals surface area (Å²) < 4.78 is 30.2. The lowest BCUT2D eigenvalue weighted by atomic mass is 9.82. The molecule has 0 spiro atoms. The number of piperidine rings is 1. The summed E-state index contributed by atoms with van der Waals surface area (Å²) >= 11 is 0. The molecule has 58 heavy (non-hydrogen) atoms. The third kappa shape index (κ3) is 11.7. The average molecular weight is 816 g/mol. The molecule has 3 heterocycles. The van der Waals surface area contributed by atoms with Crippen LogP contribution in [0.5, 0.6) is 0 Å². The first kappa shape index (κ1) is 47.7. The van der Waals surface area contributed by atoms with Crippen LogP contribution >= 0.6 is 0 Å². The maximum Gasteiger partial charge on any atom is 0.329 e. The fraction of sp³-hybridized carbons (Fsp3) is 0.778. The minimum absolute atomic E-state index is 0.00294. The van der Waals surface area contributed by atoms with E-state index in [-0.39, 0.29) is 42.7 Å². The molecule has 1 amide bonds. The molecule has 3 fully saturated rings. The number of aliphatic hydroxyl groups is 2. The number of cyclic esters (lactones) is 1. The van der Waals surface area contributed by atoms with Crippen molar-refractivity contribution in [1.29, 1.82) is 0 Å². The zero-order valence-corrected chi connectivity index (χ0v) is 36.8. The molecule has 0 aromatic rings. The molecule has 0 unspecified atom stereocenters. The number of carbonyl (C=O) groups is 3. The molecule has 13 heteroatoms. The molecule has 0 radical (unpaired) electrons. The number of aliphatic hydroxyl groups excluding tert-OH is 1. The zero-order valence-electron chi connectivity index (χ0n) is 36.8. The van der Waals surface area contributed by atoms with Crippen LogP contribution in [0.25, 0.3) is 0 Å². The summed E-state index contributed by atoms with van der Waals surface area (Å²) in [4.78, 5) is 44.2. The second-order valence-corrected chi connectivity index (χ2v) is 17.3. The van der Waals surface area contributed by atoms with E-state index in [9.17, 15) is 24.6 Å². The molecule has 0 aromatic heterocycles. The Morgan fingerprint density at radius 1 is 1.00 bits per heavy atom. The molecule has 13 atom stereocenters. The van der Waals surface area contributed by atoms with Gasteiger partial charge in [0.2, 0.25) is 5.79 Å². The van der Waals surface area contributed by atoms with Crippen LogP contribution < -0.4 is 5.43 Å². The highest BCUT2D eigenvalue weighted by Crippen LogP contribution is 2.39. The standard InChI is InChI=1S/C45H73N3O10/c1-11-33-22-27(3)21-28(4)23-38(55-9)41-39(56-10)25-31(7)45(53,58-41)42(50)43(51)48-20-14-13-15-35(48)44(52)57-40(29(5)16-18-34(33)47-46-12-2)30(6)24-32-17-19-36(49)37(26-32)54-8/h16,18,22,24,28-29,31-33,35-41,46,49,53H,11-15,17,19-21,23,25-26H2,1-10H3/b18-16+,27-22+,30-24+,47-34-/t28-,29+,31+,32-,33+,35-,36+,37+,38-,39-,40-,41+,45+/m0/s1. The lowest BCUT2D eigenvalue weighted by Crippen LogP contribution is -2.64. The van der Waals surface area contributed by atoms with Crippen LogP contribution in [0.15, 0.2) is 40.6 Å². The van der Waals surface area contributed by atoms with Gasteiger partial charge in [-0.25, -0.2) is 4.79 Å². The van der Waals surface area contributed by atoms with Crippen molar-refractivity contribution in [2.24, 2.45) is 34.7 Å². The quantitative estimate of drug-likeness (QED) is 0.120. The van der Waals surface area contributed by atoms with E-state index in [0.29, 0.717) is 45.1 Å². The molecule has 4 aliphatic rings. The first-order valence-electron chi connectivity index (χ1n) is 21.7. The van der Waals surface area contributed by atoms with E-state index >= 15 is 0 Å². The van der Waals surface area contributed by atoms with Crippen LogP contribution in [-0.4, -0.2) is 121 Å². The molecule has 13 nitrogen and oxygen atoms in total. The van der Waals surface area contributed by atoms with Gasteiger partial charge in [-0.1, -0.05) is 51.5 Å². The first-order chi connectivity index (χ1) is 27.6. The van der Waals surface area contributed by atoms with Crippen molar-refractivity contribution in [2.45, 2.75) is 161 Å². The van der Waals surface area contributed by atoms with Gasteiger partial charge in [0, 0.05) is 52.2 Å². The SMILES string of the molecule is CCN/N=C1/C=C/[C@@H](C)[C@@H](/C(C)=C/[C@@H]2CC[C@@H](O)[C@H](OC)C2)OC(=O)[C@@H]2CCCCN2C(=O)C(=O)[C@]2(O)O[C@H]([C@@H](OC)C[C@@H](C)C/C(C)=C/[C@H]1CC)[C@@H](OC)C[C@H]2C. The molecular weight excluding hydrogens is 743 g/mol. The van der Waals surface area contributed by atoms with Gasteiger partial charge >= 0.3 is 5.97 Å². The van der Waals surface area contributed by atoms with Gasteiger partial charge in [-0.05, 0) is 108 Å². The van der Waals surface area contributed by atoms with E-state index in [4.69, 9.17) is 28.8 Å². The van der Waals surface area contributed by atoms with E-state index in [1.54, 1.807) is 28.3 Å². The molecule has 2 bridgehead atoms. The van der Waals surface area contributed by atoms with Crippen LogP contribution in [0.4, 0.5) is 0 Å². The smallest absolute Gasteiger partial charge is 0.329 e. The Balaban J connectivity index is 1.81. The van der Waals surface area contributed by atoms with Crippen molar-refractivity contribution >= 4 is 23.4 Å². The molecule has 1 aliphatic carbocycles. The van der Waals surface area contributed by atoms with E-state index < -0.39 is 65.9 Å². The number of Topliss-reactive ketones (excluding diaryl/α,β-unsaturated/α-hetero) is 1. The molecular formula is C45H73N3O10. The van der Waals surface area contributed by atoms with Crippen molar-refractivity contribution in [3.8, 4) is 0 Å². The topological polar surface area (TPSA) is 165 Å². The van der Waals surface area contributed by atoms with E-state index in [2.05, 4.69) is 38.3 Å². The molecule has 328 valence electrons. The van der Waals surface area contributed by atoms with Crippen LogP contribution in [0.1, 0.15) is 113 Å². The second-order valence-electron chi connectivity index (χ2n) is 17.3. The highest BCUT2D eigenvalue weighted by molar-refractivity contribution is 6.39. The van der Waals surface area contributed by atoms with Crippen LogP contribution in [0.3, 0.4) is 0 Å². The summed E-state index contributed by atoms with van der Waals surface area (Å²) in [7, 11) is 4.75. The monoisotopic (exact) mass is 816 g/mol. The Morgan fingerprint density at radius 2 is 1.69 bits per heavy atom. The van der Waals surface area contributed by atoms with Gasteiger partial charge in [0.05, 0.1) is 30.1 Å². The number of hydrazone groups is 1. The highest BCUT2D eigenvalue weighted by atomic mass is 16.7. The number of methoxy groups -OCH3 is 3. The largest absolute Gasteiger partial charge is 0.456 e. The van der Waals surface area contributed by atoms with Gasteiger partial charge in [0.25, 0.3) is 11.7 Å². The fourth-order valence-corrected chi connectivity index (χ4v) is 9.39. The Kier molecular flexibility index (Phi) is 18.2. The summed E-state index contributed by atoms with van der Waals surface area (Å²) in [6.45, 7) is 14.8. The number of nitrogens with zero attached hydrogens (tertiary/aromatic N) is 2. The number of ether oxygens (including phenoxy) is 5. The number of hydrogen-bond acceptors (Lipinski definition) is 12. The van der Waals surface area contributed by atoms with Crippen molar-refractivity contribution < 1.29 is 48.3 Å². The fourth-order valence-electron chi connectivity index (χ4n) is 9.39. The number of carbonyl (C=O) groups excluding carboxylic acids is 3. The summed E-state index contributed by atoms with van der Waals surface area (Å²) in [6, 6.07) is -1.03. The predicted molar refractivity (Wildman–Crippen MR) is 223 cm³/mol. The number of amides is 1.